The Labute approximate surface area is 202 Å². The number of pyridine rings is 1. The van der Waals surface area contributed by atoms with Gasteiger partial charge in [0.15, 0.2) is 0 Å². The van der Waals surface area contributed by atoms with Crippen LogP contribution in [0.1, 0.15) is 18.2 Å². The second-order valence-corrected chi connectivity index (χ2v) is 8.95. The number of guanidine groups is 1. The van der Waals surface area contributed by atoms with Gasteiger partial charge in [-0.3, -0.25) is 24.6 Å². The lowest BCUT2D eigenvalue weighted by molar-refractivity contribution is -0.123. The summed E-state index contributed by atoms with van der Waals surface area (Å²) in [6.45, 7) is 4.29. The zero-order valence-electron chi connectivity index (χ0n) is 19.5. The van der Waals surface area contributed by atoms with Gasteiger partial charge in [0.25, 0.3) is 15.6 Å². The highest BCUT2D eigenvalue weighted by atomic mass is 32.2. The summed E-state index contributed by atoms with van der Waals surface area (Å²) >= 11 is 0. The maximum Gasteiger partial charge on any atom is 0.441 e. The minimum atomic E-state index is -4.01. The Hall–Kier alpha value is -3.91. The number of nitrogens with one attached hydrogen (secondary N) is 3. The standard InChI is InChI=1S/C21H28N6O7S/c1-4-33-21(30)27(20(22)23)34-11-10-24-18(28)13-26-15(3)8-9-17(19(26)29)25-35(31,32)16-7-5-6-14(2)12-16/h5-9,12,25H,4,10-11,13H2,1-3H3,(H3,22,23)(H,24,28). The van der Waals surface area contributed by atoms with Crippen molar-refractivity contribution in [3.8, 4) is 0 Å². The van der Waals surface area contributed by atoms with Crippen molar-refractivity contribution in [2.24, 2.45) is 5.73 Å². The quantitative estimate of drug-likeness (QED) is 0.156. The number of amides is 2. The Balaban J connectivity index is 2.04. The number of aromatic nitrogens is 1. The molecule has 1 heterocycles. The molecule has 0 saturated heterocycles. The molecular weight excluding hydrogens is 480 g/mol. The van der Waals surface area contributed by atoms with E-state index in [1.165, 1.54) is 24.3 Å². The van der Waals surface area contributed by atoms with E-state index in [1.54, 1.807) is 32.9 Å². The molecule has 0 radical (unpaired) electrons. The van der Waals surface area contributed by atoms with Gasteiger partial charge in [0.2, 0.25) is 11.9 Å². The Bertz CT molecular complexity index is 1260. The van der Waals surface area contributed by atoms with E-state index in [4.69, 9.17) is 20.7 Å². The number of ether oxygens (including phenoxy) is 1. The molecule has 1 aromatic heterocycles. The minimum Gasteiger partial charge on any atom is -0.448 e. The summed E-state index contributed by atoms with van der Waals surface area (Å²) in [5, 5.41) is 10.3. The SMILES string of the molecule is CCOC(=O)N(OCCNC(=O)Cn1c(C)ccc(NS(=O)(=O)c2cccc(C)c2)c1=O)C(=N)N. The molecule has 2 rings (SSSR count). The topological polar surface area (TPSA) is 186 Å². The van der Waals surface area contributed by atoms with Crippen LogP contribution in [0.5, 0.6) is 0 Å². The Morgan fingerprint density at radius 1 is 1.20 bits per heavy atom. The first-order valence-corrected chi connectivity index (χ1v) is 11.9. The van der Waals surface area contributed by atoms with Crippen molar-refractivity contribution in [3.63, 3.8) is 0 Å². The zero-order chi connectivity index (χ0) is 26.2. The van der Waals surface area contributed by atoms with Gasteiger partial charge < -0.3 is 20.4 Å². The highest BCUT2D eigenvalue weighted by Gasteiger charge is 2.20. The molecule has 0 atom stereocenters. The van der Waals surface area contributed by atoms with E-state index in [9.17, 15) is 22.8 Å². The molecule has 35 heavy (non-hydrogen) atoms. The van der Waals surface area contributed by atoms with E-state index in [2.05, 4.69) is 10.0 Å². The van der Waals surface area contributed by atoms with Crippen LogP contribution >= 0.6 is 0 Å². The number of rotatable bonds is 10. The first kappa shape index (κ1) is 27.3. The van der Waals surface area contributed by atoms with E-state index >= 15 is 0 Å². The molecule has 0 aliphatic rings. The van der Waals surface area contributed by atoms with Gasteiger partial charge in [-0.25, -0.2) is 13.2 Å². The summed E-state index contributed by atoms with van der Waals surface area (Å²) in [6.07, 6.45) is -0.974. The predicted molar refractivity (Wildman–Crippen MR) is 127 cm³/mol. The van der Waals surface area contributed by atoms with Crippen LogP contribution in [-0.2, 0) is 30.9 Å². The molecule has 190 valence electrons. The van der Waals surface area contributed by atoms with Crippen LogP contribution in [-0.4, -0.2) is 55.8 Å². The van der Waals surface area contributed by atoms with E-state index < -0.39 is 33.5 Å². The van der Waals surface area contributed by atoms with Gasteiger partial charge in [0.05, 0.1) is 18.1 Å². The highest BCUT2D eigenvalue weighted by Crippen LogP contribution is 2.15. The van der Waals surface area contributed by atoms with E-state index in [-0.39, 0.29) is 36.9 Å². The Kier molecular flexibility index (Phi) is 9.36. The van der Waals surface area contributed by atoms with Crippen LogP contribution in [0.4, 0.5) is 10.5 Å². The molecule has 0 spiro atoms. The van der Waals surface area contributed by atoms with E-state index in [0.29, 0.717) is 10.8 Å². The lowest BCUT2D eigenvalue weighted by Gasteiger charge is -2.19. The molecule has 2 aromatic rings. The predicted octanol–water partition coefficient (Wildman–Crippen LogP) is 0.666. The molecule has 0 aliphatic carbocycles. The fourth-order valence-corrected chi connectivity index (χ4v) is 4.02. The molecule has 0 aliphatic heterocycles. The zero-order valence-corrected chi connectivity index (χ0v) is 20.3. The normalized spacial score (nSPS) is 10.9. The number of nitrogens with zero attached hydrogens (tertiary/aromatic N) is 2. The van der Waals surface area contributed by atoms with Crippen molar-refractivity contribution < 1.29 is 27.6 Å². The monoisotopic (exact) mass is 508 g/mol. The molecule has 14 heteroatoms. The van der Waals surface area contributed by atoms with Crippen LogP contribution in [0, 0.1) is 19.3 Å². The largest absolute Gasteiger partial charge is 0.448 e. The number of carbonyl (C=O) groups excluding carboxylic acids is 2. The summed E-state index contributed by atoms with van der Waals surface area (Å²) in [5.74, 6) is -1.26. The molecule has 13 nitrogen and oxygen atoms in total. The van der Waals surface area contributed by atoms with Gasteiger partial charge in [-0.1, -0.05) is 12.1 Å². The maximum absolute atomic E-state index is 12.9. The Morgan fingerprint density at radius 3 is 2.54 bits per heavy atom. The lowest BCUT2D eigenvalue weighted by atomic mass is 10.2. The first-order valence-electron chi connectivity index (χ1n) is 10.5. The first-order chi connectivity index (χ1) is 16.5. The number of aryl methyl sites for hydroxylation is 2. The lowest BCUT2D eigenvalue weighted by Crippen LogP contribution is -2.43. The number of carbonyl (C=O) groups is 2. The fourth-order valence-electron chi connectivity index (χ4n) is 2.86. The molecule has 1 aromatic carbocycles. The summed E-state index contributed by atoms with van der Waals surface area (Å²) in [4.78, 5) is 41.9. The van der Waals surface area contributed by atoms with Crippen LogP contribution < -0.4 is 21.3 Å². The molecule has 2 amide bonds. The average molecular weight is 509 g/mol. The number of nitrogens with two attached hydrogens (primary N) is 1. The number of hydroxylamine groups is 2. The van der Waals surface area contributed by atoms with Gasteiger partial charge in [-0.05, 0) is 50.6 Å². The van der Waals surface area contributed by atoms with Crippen LogP contribution in [0.3, 0.4) is 0 Å². The number of benzene rings is 1. The van der Waals surface area contributed by atoms with Crippen LogP contribution in [0.2, 0.25) is 0 Å². The third-order valence-corrected chi connectivity index (χ3v) is 5.90. The maximum atomic E-state index is 12.9. The number of anilines is 1. The molecule has 0 unspecified atom stereocenters. The second-order valence-electron chi connectivity index (χ2n) is 7.26. The molecule has 5 N–H and O–H groups in total. The summed E-state index contributed by atoms with van der Waals surface area (Å²) in [5.41, 5.74) is 5.53. The summed E-state index contributed by atoms with van der Waals surface area (Å²) in [6, 6.07) is 9.06. The van der Waals surface area contributed by atoms with Crippen LogP contribution in [0.15, 0.2) is 46.1 Å². The average Bonchev–Trinajstić information content (AvgIpc) is 2.78. The van der Waals surface area contributed by atoms with Crippen molar-refractivity contribution in [2.45, 2.75) is 32.2 Å². The van der Waals surface area contributed by atoms with Crippen molar-refractivity contribution in [2.75, 3.05) is 24.5 Å². The van der Waals surface area contributed by atoms with Gasteiger partial charge in [0, 0.05) is 12.2 Å². The smallest absolute Gasteiger partial charge is 0.441 e. The van der Waals surface area contributed by atoms with Gasteiger partial charge >= 0.3 is 6.09 Å². The van der Waals surface area contributed by atoms with Gasteiger partial charge in [-0.2, -0.15) is 0 Å². The third-order valence-electron chi connectivity index (χ3n) is 4.54. The highest BCUT2D eigenvalue weighted by molar-refractivity contribution is 7.92. The van der Waals surface area contributed by atoms with Crippen LogP contribution in [0.25, 0.3) is 0 Å². The fraction of sp³-hybridized carbons (Fsp3) is 0.333. The van der Waals surface area contributed by atoms with E-state index in [1.807, 2.05) is 0 Å². The van der Waals surface area contributed by atoms with Crippen molar-refractivity contribution in [1.29, 1.82) is 5.41 Å². The van der Waals surface area contributed by atoms with E-state index in [0.717, 1.165) is 10.1 Å². The molecule has 0 fully saturated rings. The summed E-state index contributed by atoms with van der Waals surface area (Å²) < 4.78 is 33.4. The van der Waals surface area contributed by atoms with Crippen molar-refractivity contribution >= 4 is 33.7 Å². The van der Waals surface area contributed by atoms with Crippen molar-refractivity contribution in [1.82, 2.24) is 14.9 Å². The Morgan fingerprint density at radius 2 is 1.91 bits per heavy atom. The minimum absolute atomic E-state index is 0.00388. The molecular formula is C21H28N6O7S. The van der Waals surface area contributed by atoms with Crippen molar-refractivity contribution in [3.05, 3.63) is 58.0 Å². The van der Waals surface area contributed by atoms with Gasteiger partial charge in [-0.15, -0.1) is 5.06 Å². The molecule has 0 saturated carbocycles. The van der Waals surface area contributed by atoms with Gasteiger partial charge in [0.1, 0.15) is 12.2 Å². The molecule has 0 bridgehead atoms. The third kappa shape index (κ3) is 7.55. The summed E-state index contributed by atoms with van der Waals surface area (Å²) in [7, 11) is -4.01. The number of hydrogen-bond donors (Lipinski definition) is 4. The second kappa shape index (κ2) is 12.0. The number of hydrogen-bond acceptors (Lipinski definition) is 8. The number of sulfonamides is 1.